The molecule has 0 N–H and O–H groups in total. The van der Waals surface area contributed by atoms with Crippen molar-refractivity contribution in [1.82, 2.24) is 9.97 Å². The van der Waals surface area contributed by atoms with Gasteiger partial charge in [-0.3, -0.25) is 14.8 Å². The summed E-state index contributed by atoms with van der Waals surface area (Å²) >= 11 is 0. The number of halogens is 3. The lowest BCUT2D eigenvalue weighted by Crippen LogP contribution is -2.25. The topological polar surface area (TPSA) is 52.1 Å². The Morgan fingerprint density at radius 1 is 1.16 bits per heavy atom. The van der Waals surface area contributed by atoms with Crippen LogP contribution in [0.5, 0.6) is 0 Å². The number of hydrogen-bond donors (Lipinski definition) is 0. The van der Waals surface area contributed by atoms with Gasteiger partial charge in [-0.25, -0.2) is 0 Å². The number of ether oxygens (including phenoxy) is 1. The van der Waals surface area contributed by atoms with Gasteiger partial charge in [0.25, 0.3) is 0 Å². The number of aryl methyl sites for hydroxylation is 1. The number of aromatic nitrogens is 2. The molecule has 0 aliphatic carbocycles. The molecule has 7 heteroatoms. The third-order valence-corrected chi connectivity index (χ3v) is 3.19. The van der Waals surface area contributed by atoms with E-state index in [1.54, 1.807) is 27.7 Å². The van der Waals surface area contributed by atoms with Crippen LogP contribution in [0.2, 0.25) is 0 Å². The monoisotopic (exact) mass is 352 g/mol. The minimum absolute atomic E-state index is 0.149. The maximum absolute atomic E-state index is 13.5. The summed E-state index contributed by atoms with van der Waals surface area (Å²) in [5.74, 6) is -0.602. The lowest BCUT2D eigenvalue weighted by Gasteiger charge is -2.20. The maximum Gasteiger partial charge on any atom is 0.418 e. The smallest absolute Gasteiger partial charge is 0.418 e. The van der Waals surface area contributed by atoms with Crippen molar-refractivity contribution in [1.29, 1.82) is 0 Å². The summed E-state index contributed by atoms with van der Waals surface area (Å²) in [6, 6.07) is 3.95. The molecule has 0 fully saturated rings. The van der Waals surface area contributed by atoms with E-state index in [-0.39, 0.29) is 17.7 Å². The molecule has 2 aromatic heterocycles. The second kappa shape index (κ2) is 6.82. The van der Waals surface area contributed by atoms with Crippen molar-refractivity contribution in [2.24, 2.45) is 0 Å². The van der Waals surface area contributed by atoms with Crippen molar-refractivity contribution < 1.29 is 22.7 Å². The van der Waals surface area contributed by atoms with E-state index in [0.29, 0.717) is 11.3 Å². The number of pyridine rings is 2. The second-order valence-electron chi connectivity index (χ2n) is 6.69. The number of alkyl halides is 3. The molecule has 0 bridgehead atoms. The number of hydrogen-bond acceptors (Lipinski definition) is 4. The highest BCUT2D eigenvalue weighted by Crippen LogP contribution is 2.36. The first-order valence-corrected chi connectivity index (χ1v) is 7.67. The highest BCUT2D eigenvalue weighted by Gasteiger charge is 2.35. The molecule has 4 nitrogen and oxygen atoms in total. The van der Waals surface area contributed by atoms with Crippen LogP contribution in [0.4, 0.5) is 13.2 Å². The fraction of sp³-hybridized carbons (Fsp3) is 0.389. The highest BCUT2D eigenvalue weighted by molar-refractivity contribution is 5.73. The first-order valence-electron chi connectivity index (χ1n) is 7.67. The Morgan fingerprint density at radius 2 is 1.84 bits per heavy atom. The van der Waals surface area contributed by atoms with Crippen LogP contribution in [0.1, 0.15) is 37.6 Å². The zero-order valence-corrected chi connectivity index (χ0v) is 14.4. The fourth-order valence-corrected chi connectivity index (χ4v) is 2.29. The van der Waals surface area contributed by atoms with Gasteiger partial charge < -0.3 is 4.74 Å². The lowest BCUT2D eigenvalue weighted by atomic mass is 10.0. The summed E-state index contributed by atoms with van der Waals surface area (Å²) in [4.78, 5) is 19.8. The van der Waals surface area contributed by atoms with E-state index in [9.17, 15) is 18.0 Å². The van der Waals surface area contributed by atoms with E-state index in [1.807, 2.05) is 0 Å². The van der Waals surface area contributed by atoms with Crippen LogP contribution in [0.3, 0.4) is 0 Å². The van der Waals surface area contributed by atoms with Gasteiger partial charge in [0.2, 0.25) is 0 Å². The Bertz CT molecular complexity index is 781. The van der Waals surface area contributed by atoms with E-state index >= 15 is 0 Å². The normalized spacial score (nSPS) is 12.1. The summed E-state index contributed by atoms with van der Waals surface area (Å²) < 4.78 is 45.5. The summed E-state index contributed by atoms with van der Waals surface area (Å²) in [5, 5.41) is 0. The molecule has 0 amide bonds. The lowest BCUT2D eigenvalue weighted by molar-refractivity contribution is -0.154. The average Bonchev–Trinajstić information content (AvgIpc) is 2.44. The Labute approximate surface area is 144 Å². The van der Waals surface area contributed by atoms with E-state index < -0.39 is 23.3 Å². The fourth-order valence-electron chi connectivity index (χ4n) is 2.29. The molecule has 0 atom stereocenters. The molecule has 2 rings (SSSR count). The van der Waals surface area contributed by atoms with Crippen LogP contribution in [-0.4, -0.2) is 21.5 Å². The standard InChI is InChI=1S/C18H19F3N2O2/c1-11-7-13(5-6-22-11)16-14(18(19,20)21)8-12(10-23-16)9-15(24)25-17(2,3)4/h5-8,10H,9H2,1-4H3. The molecule has 0 unspecified atom stereocenters. The van der Waals surface area contributed by atoms with Crippen molar-refractivity contribution in [3.8, 4) is 11.3 Å². The molecule has 0 aliphatic heterocycles. The molecule has 2 heterocycles. The molecule has 0 saturated carbocycles. The number of nitrogens with zero attached hydrogens (tertiary/aromatic N) is 2. The molecular formula is C18H19F3N2O2. The Hall–Kier alpha value is -2.44. The molecule has 2 aromatic rings. The van der Waals surface area contributed by atoms with Gasteiger partial charge in [0.05, 0.1) is 17.7 Å². The van der Waals surface area contributed by atoms with Gasteiger partial charge in [0.15, 0.2) is 0 Å². The number of rotatable bonds is 3. The van der Waals surface area contributed by atoms with Gasteiger partial charge in [0, 0.05) is 23.7 Å². The van der Waals surface area contributed by atoms with Crippen LogP contribution in [-0.2, 0) is 22.1 Å². The first kappa shape index (κ1) is 18.9. The number of carbonyl (C=O) groups is 1. The predicted octanol–water partition coefficient (Wildman–Crippen LogP) is 4.36. The van der Waals surface area contributed by atoms with E-state index in [1.165, 1.54) is 24.5 Å². The van der Waals surface area contributed by atoms with Crippen LogP contribution >= 0.6 is 0 Å². The van der Waals surface area contributed by atoms with Crippen molar-refractivity contribution in [3.05, 3.63) is 47.4 Å². The Morgan fingerprint density at radius 3 is 2.40 bits per heavy atom. The van der Waals surface area contributed by atoms with Gasteiger partial charge in [0.1, 0.15) is 5.60 Å². The summed E-state index contributed by atoms with van der Waals surface area (Å²) in [7, 11) is 0. The largest absolute Gasteiger partial charge is 0.460 e. The summed E-state index contributed by atoms with van der Waals surface area (Å²) in [6.07, 6.45) is -2.17. The van der Waals surface area contributed by atoms with Crippen LogP contribution in [0.25, 0.3) is 11.3 Å². The molecule has 0 radical (unpaired) electrons. The molecule has 0 aliphatic rings. The Balaban J connectivity index is 2.40. The van der Waals surface area contributed by atoms with Crippen molar-refractivity contribution in [2.45, 2.75) is 45.9 Å². The molecule has 0 aromatic carbocycles. The number of esters is 1. The first-order chi connectivity index (χ1) is 11.5. The Kier molecular flexibility index (Phi) is 5.15. The SMILES string of the molecule is Cc1cc(-c2ncc(CC(=O)OC(C)(C)C)cc2C(F)(F)F)ccn1. The van der Waals surface area contributed by atoms with Gasteiger partial charge >= 0.3 is 12.1 Å². The van der Waals surface area contributed by atoms with Gasteiger partial charge in [-0.05, 0) is 51.5 Å². The third-order valence-electron chi connectivity index (χ3n) is 3.19. The van der Waals surface area contributed by atoms with Crippen molar-refractivity contribution in [2.75, 3.05) is 0 Å². The van der Waals surface area contributed by atoms with Gasteiger partial charge in [-0.2, -0.15) is 13.2 Å². The zero-order chi connectivity index (χ0) is 18.8. The molecule has 0 saturated heterocycles. The maximum atomic E-state index is 13.5. The third kappa shape index (κ3) is 5.27. The van der Waals surface area contributed by atoms with Gasteiger partial charge in [-0.15, -0.1) is 0 Å². The molecular weight excluding hydrogens is 333 g/mol. The minimum atomic E-state index is -4.59. The average molecular weight is 352 g/mol. The van der Waals surface area contributed by atoms with Crippen LogP contribution in [0, 0.1) is 6.92 Å². The summed E-state index contributed by atoms with van der Waals surface area (Å²) in [5.41, 5.74) is -0.721. The number of carbonyl (C=O) groups excluding carboxylic acids is 1. The van der Waals surface area contributed by atoms with E-state index in [2.05, 4.69) is 9.97 Å². The van der Waals surface area contributed by atoms with Crippen LogP contribution < -0.4 is 0 Å². The van der Waals surface area contributed by atoms with Crippen molar-refractivity contribution in [3.63, 3.8) is 0 Å². The van der Waals surface area contributed by atoms with Gasteiger partial charge in [-0.1, -0.05) is 0 Å². The van der Waals surface area contributed by atoms with Crippen molar-refractivity contribution >= 4 is 5.97 Å². The second-order valence-corrected chi connectivity index (χ2v) is 6.69. The summed E-state index contributed by atoms with van der Waals surface area (Å²) in [6.45, 7) is 6.77. The predicted molar refractivity (Wildman–Crippen MR) is 86.8 cm³/mol. The highest BCUT2D eigenvalue weighted by atomic mass is 19.4. The van der Waals surface area contributed by atoms with E-state index in [4.69, 9.17) is 4.74 Å². The van der Waals surface area contributed by atoms with Crippen LogP contribution in [0.15, 0.2) is 30.6 Å². The quantitative estimate of drug-likeness (QED) is 0.771. The molecule has 25 heavy (non-hydrogen) atoms. The van der Waals surface area contributed by atoms with E-state index in [0.717, 1.165) is 6.07 Å². The minimum Gasteiger partial charge on any atom is -0.460 e. The zero-order valence-electron chi connectivity index (χ0n) is 14.4. The molecule has 0 spiro atoms. The molecule has 134 valence electrons.